The number of nitrogens with zero attached hydrogens (tertiary/aromatic N) is 2. The zero-order chi connectivity index (χ0) is 14.8. The van der Waals surface area contributed by atoms with Gasteiger partial charge in [0.15, 0.2) is 0 Å². The van der Waals surface area contributed by atoms with E-state index in [-0.39, 0.29) is 16.8 Å². The highest BCUT2D eigenvalue weighted by molar-refractivity contribution is 6.32. The lowest BCUT2D eigenvalue weighted by Gasteiger charge is -2.14. The van der Waals surface area contributed by atoms with Crippen LogP contribution in [-0.2, 0) is 11.3 Å². The molecule has 5 nitrogen and oxygen atoms in total. The summed E-state index contributed by atoms with van der Waals surface area (Å²) < 4.78 is 42.4. The van der Waals surface area contributed by atoms with E-state index in [1.54, 1.807) is 0 Å². The van der Waals surface area contributed by atoms with Crippen LogP contribution in [-0.4, -0.2) is 35.2 Å². The summed E-state index contributed by atoms with van der Waals surface area (Å²) in [5, 5.41) is 6.03. The molecule has 0 spiro atoms. The van der Waals surface area contributed by atoms with Crippen molar-refractivity contribution in [2.24, 2.45) is 0 Å². The van der Waals surface area contributed by atoms with Crippen LogP contribution in [0, 0.1) is 0 Å². The number of aromatic nitrogens is 2. The number of halogens is 4. The maximum Gasteiger partial charge on any atom is 0.408 e. The van der Waals surface area contributed by atoms with Crippen molar-refractivity contribution in [3.05, 3.63) is 21.6 Å². The van der Waals surface area contributed by atoms with Gasteiger partial charge in [0.2, 0.25) is 0 Å². The Morgan fingerprint density at radius 3 is 2.90 bits per heavy atom. The molecule has 1 saturated heterocycles. The molecule has 0 aliphatic carbocycles. The van der Waals surface area contributed by atoms with Crippen LogP contribution >= 0.6 is 11.6 Å². The Hall–Kier alpha value is -1.28. The molecule has 0 radical (unpaired) electrons. The summed E-state index contributed by atoms with van der Waals surface area (Å²) in [6.45, 7) is -0.340. The van der Waals surface area contributed by atoms with Gasteiger partial charge in [-0.2, -0.15) is 18.3 Å². The second-order valence-electron chi connectivity index (χ2n) is 4.47. The molecule has 0 saturated carbocycles. The smallest absolute Gasteiger partial charge is 0.380 e. The molecule has 1 aromatic rings. The van der Waals surface area contributed by atoms with E-state index in [0.29, 0.717) is 17.8 Å². The van der Waals surface area contributed by atoms with Crippen LogP contribution in [0.15, 0.2) is 11.0 Å². The van der Waals surface area contributed by atoms with Gasteiger partial charge in [-0.25, -0.2) is 4.68 Å². The van der Waals surface area contributed by atoms with E-state index in [2.05, 4.69) is 10.4 Å². The third kappa shape index (κ3) is 3.86. The Labute approximate surface area is 117 Å². The number of hydrogen-bond acceptors (Lipinski definition) is 4. The van der Waals surface area contributed by atoms with E-state index in [4.69, 9.17) is 16.3 Å². The maximum atomic E-state index is 12.2. The van der Waals surface area contributed by atoms with Crippen molar-refractivity contribution in [2.75, 3.05) is 18.5 Å². The summed E-state index contributed by atoms with van der Waals surface area (Å²) in [5.41, 5.74) is -0.757. The first-order valence-corrected chi connectivity index (χ1v) is 6.42. The Bertz CT molecular complexity index is 527. The largest absolute Gasteiger partial charge is 0.408 e. The SMILES string of the molecule is O=c1c(Cl)c(NCC2CCCO2)cnn1CC(F)(F)F. The van der Waals surface area contributed by atoms with Gasteiger partial charge in [0.05, 0.1) is 18.0 Å². The molecular weight excluding hydrogens is 299 g/mol. The molecule has 1 atom stereocenters. The summed E-state index contributed by atoms with van der Waals surface area (Å²) in [6.07, 6.45) is -1.53. The first-order valence-electron chi connectivity index (χ1n) is 6.04. The monoisotopic (exact) mass is 311 g/mol. The fourth-order valence-electron chi connectivity index (χ4n) is 1.90. The highest BCUT2D eigenvalue weighted by atomic mass is 35.5. The van der Waals surface area contributed by atoms with Crippen LogP contribution in [0.5, 0.6) is 0 Å². The number of anilines is 1. The van der Waals surface area contributed by atoms with Crippen LogP contribution < -0.4 is 10.9 Å². The van der Waals surface area contributed by atoms with Crippen LogP contribution in [0.25, 0.3) is 0 Å². The third-order valence-corrected chi connectivity index (χ3v) is 3.22. The molecule has 2 heterocycles. The van der Waals surface area contributed by atoms with Crippen LogP contribution in [0.2, 0.25) is 5.02 Å². The van der Waals surface area contributed by atoms with Gasteiger partial charge in [-0.05, 0) is 12.8 Å². The quantitative estimate of drug-likeness (QED) is 0.924. The molecule has 20 heavy (non-hydrogen) atoms. The lowest BCUT2D eigenvalue weighted by Crippen LogP contribution is -2.31. The predicted molar refractivity (Wildman–Crippen MR) is 67.0 cm³/mol. The minimum atomic E-state index is -4.52. The lowest BCUT2D eigenvalue weighted by atomic mass is 10.2. The van der Waals surface area contributed by atoms with Crippen molar-refractivity contribution in [1.82, 2.24) is 9.78 Å². The first kappa shape index (κ1) is 15.1. The van der Waals surface area contributed by atoms with E-state index in [1.807, 2.05) is 0 Å². The summed E-state index contributed by atoms with van der Waals surface area (Å²) in [7, 11) is 0. The minimum Gasteiger partial charge on any atom is -0.380 e. The van der Waals surface area contributed by atoms with E-state index in [1.165, 1.54) is 0 Å². The van der Waals surface area contributed by atoms with Gasteiger partial charge in [-0.1, -0.05) is 11.6 Å². The average molecular weight is 312 g/mol. The van der Waals surface area contributed by atoms with Crippen LogP contribution in [0.1, 0.15) is 12.8 Å². The summed E-state index contributed by atoms with van der Waals surface area (Å²) in [4.78, 5) is 11.7. The number of rotatable bonds is 4. The zero-order valence-corrected chi connectivity index (χ0v) is 11.2. The summed E-state index contributed by atoms with van der Waals surface area (Å²) >= 11 is 5.77. The van der Waals surface area contributed by atoms with Gasteiger partial charge in [-0.3, -0.25) is 4.79 Å². The normalized spacial score (nSPS) is 19.3. The van der Waals surface area contributed by atoms with E-state index >= 15 is 0 Å². The molecule has 1 fully saturated rings. The second kappa shape index (κ2) is 6.01. The van der Waals surface area contributed by atoms with Crippen molar-refractivity contribution in [1.29, 1.82) is 0 Å². The third-order valence-electron chi connectivity index (χ3n) is 2.86. The number of alkyl halides is 3. The zero-order valence-electron chi connectivity index (χ0n) is 10.4. The predicted octanol–water partition coefficient (Wildman–Crippen LogP) is 2.05. The molecule has 112 valence electrons. The van der Waals surface area contributed by atoms with Gasteiger partial charge >= 0.3 is 6.18 Å². The van der Waals surface area contributed by atoms with E-state index in [0.717, 1.165) is 19.0 Å². The molecule has 0 amide bonds. The van der Waals surface area contributed by atoms with E-state index in [9.17, 15) is 18.0 Å². The lowest BCUT2D eigenvalue weighted by molar-refractivity contribution is -0.143. The minimum absolute atomic E-state index is 0.0173. The Balaban J connectivity index is 2.07. The van der Waals surface area contributed by atoms with Gasteiger partial charge in [-0.15, -0.1) is 0 Å². The van der Waals surface area contributed by atoms with Crippen molar-refractivity contribution < 1.29 is 17.9 Å². The Morgan fingerprint density at radius 2 is 2.30 bits per heavy atom. The van der Waals surface area contributed by atoms with Crippen LogP contribution in [0.3, 0.4) is 0 Å². The highest BCUT2D eigenvalue weighted by Gasteiger charge is 2.29. The molecule has 9 heteroatoms. The average Bonchev–Trinajstić information content (AvgIpc) is 2.86. The van der Waals surface area contributed by atoms with Gasteiger partial charge in [0.1, 0.15) is 11.6 Å². The highest BCUT2D eigenvalue weighted by Crippen LogP contribution is 2.20. The van der Waals surface area contributed by atoms with Gasteiger partial charge in [0, 0.05) is 13.2 Å². The molecule has 1 N–H and O–H groups in total. The van der Waals surface area contributed by atoms with Gasteiger partial charge in [0.25, 0.3) is 5.56 Å². The summed E-state index contributed by atoms with van der Waals surface area (Å²) in [5.74, 6) is 0. The Morgan fingerprint density at radius 1 is 1.55 bits per heavy atom. The first-order chi connectivity index (χ1) is 9.37. The molecule has 0 bridgehead atoms. The fraction of sp³-hybridized carbons (Fsp3) is 0.636. The van der Waals surface area contributed by atoms with Crippen molar-refractivity contribution in [3.8, 4) is 0 Å². The number of nitrogens with one attached hydrogen (secondary N) is 1. The molecule has 2 rings (SSSR count). The van der Waals surface area contributed by atoms with Crippen molar-refractivity contribution >= 4 is 17.3 Å². The molecule has 1 aliphatic heterocycles. The number of ether oxygens (including phenoxy) is 1. The summed E-state index contributed by atoms with van der Waals surface area (Å²) in [6, 6.07) is 0. The molecular formula is C11H13ClF3N3O2. The molecule has 1 aliphatic rings. The topological polar surface area (TPSA) is 56.1 Å². The van der Waals surface area contributed by atoms with Crippen LogP contribution in [0.4, 0.5) is 18.9 Å². The molecule has 1 unspecified atom stereocenters. The standard InChI is InChI=1S/C11H13ClF3N3O2/c12-9-8(16-4-7-2-1-3-20-7)5-17-18(10(9)19)6-11(13,14)15/h5,7,16H,1-4,6H2. The fourth-order valence-corrected chi connectivity index (χ4v) is 2.11. The van der Waals surface area contributed by atoms with Crippen molar-refractivity contribution in [2.45, 2.75) is 31.7 Å². The second-order valence-corrected chi connectivity index (χ2v) is 4.84. The molecule has 1 aromatic heterocycles. The van der Waals surface area contributed by atoms with Gasteiger partial charge < -0.3 is 10.1 Å². The van der Waals surface area contributed by atoms with E-state index < -0.39 is 18.3 Å². The molecule has 0 aromatic carbocycles. The maximum absolute atomic E-state index is 12.2. The number of hydrogen-bond donors (Lipinski definition) is 1. The Kier molecular flexibility index (Phi) is 4.54. The van der Waals surface area contributed by atoms with Crippen molar-refractivity contribution in [3.63, 3.8) is 0 Å².